The van der Waals surface area contributed by atoms with Gasteiger partial charge in [-0.3, -0.25) is 4.79 Å². The Morgan fingerprint density at radius 1 is 0.806 bits per heavy atom. The van der Waals surface area contributed by atoms with Crippen molar-refractivity contribution in [2.75, 3.05) is 19.5 Å². The summed E-state index contributed by atoms with van der Waals surface area (Å²) < 4.78 is 37.1. The molecule has 0 unspecified atom stereocenters. The van der Waals surface area contributed by atoms with Crippen LogP contribution in [-0.4, -0.2) is 20.1 Å². The first-order valence-corrected chi connectivity index (χ1v) is 9.42. The number of amides is 1. The predicted octanol–water partition coefficient (Wildman–Crippen LogP) is 5.80. The molecule has 4 nitrogen and oxygen atoms in total. The van der Waals surface area contributed by atoms with Gasteiger partial charge in [0.1, 0.15) is 23.1 Å². The quantitative estimate of drug-likeness (QED) is 0.387. The lowest BCUT2D eigenvalue weighted by Gasteiger charge is -2.06. The Morgan fingerprint density at radius 3 is 2.06 bits per heavy atom. The van der Waals surface area contributed by atoms with Gasteiger partial charge in [0.15, 0.2) is 0 Å². The smallest absolute Gasteiger partial charge is 0.248 e. The van der Waals surface area contributed by atoms with Crippen molar-refractivity contribution in [1.29, 1.82) is 0 Å². The van der Waals surface area contributed by atoms with Crippen LogP contribution in [0.4, 0.5) is 14.5 Å². The van der Waals surface area contributed by atoms with E-state index in [1.54, 1.807) is 32.4 Å². The highest BCUT2D eigenvalue weighted by atomic mass is 19.1. The summed E-state index contributed by atoms with van der Waals surface area (Å²) in [5.74, 6) is -0.417. The lowest BCUT2D eigenvalue weighted by atomic mass is 10.1. The van der Waals surface area contributed by atoms with Gasteiger partial charge in [0.2, 0.25) is 5.91 Å². The van der Waals surface area contributed by atoms with E-state index < -0.39 is 17.5 Å². The summed E-state index contributed by atoms with van der Waals surface area (Å²) in [7, 11) is 3.20. The molecule has 0 radical (unpaired) electrons. The number of benzene rings is 3. The zero-order valence-electron chi connectivity index (χ0n) is 17.1. The van der Waals surface area contributed by atoms with Crippen LogP contribution in [0.15, 0.2) is 66.7 Å². The van der Waals surface area contributed by atoms with Gasteiger partial charge in [-0.25, -0.2) is 8.78 Å². The average Bonchev–Trinajstić information content (AvgIpc) is 2.77. The van der Waals surface area contributed by atoms with Gasteiger partial charge in [0.05, 0.1) is 14.2 Å². The Kier molecular flexibility index (Phi) is 7.17. The van der Waals surface area contributed by atoms with Crippen molar-refractivity contribution in [3.05, 3.63) is 95.1 Å². The highest BCUT2D eigenvalue weighted by molar-refractivity contribution is 6.02. The first-order chi connectivity index (χ1) is 15.0. The minimum Gasteiger partial charge on any atom is -0.497 e. The molecule has 0 atom stereocenters. The van der Waals surface area contributed by atoms with Crippen LogP contribution in [0, 0.1) is 11.6 Å². The number of carbonyl (C=O) groups is 1. The molecule has 3 aromatic carbocycles. The Hall–Kier alpha value is -3.93. The number of hydrogen-bond donors (Lipinski definition) is 1. The van der Waals surface area contributed by atoms with E-state index >= 15 is 0 Å². The van der Waals surface area contributed by atoms with Gasteiger partial charge in [-0.2, -0.15) is 0 Å². The minimum absolute atomic E-state index is 0.131. The van der Waals surface area contributed by atoms with Crippen molar-refractivity contribution in [3.63, 3.8) is 0 Å². The molecule has 31 heavy (non-hydrogen) atoms. The number of halogens is 2. The lowest BCUT2D eigenvalue weighted by Crippen LogP contribution is -2.07. The van der Waals surface area contributed by atoms with Crippen LogP contribution >= 0.6 is 0 Å². The van der Waals surface area contributed by atoms with E-state index in [0.717, 1.165) is 23.3 Å². The fourth-order valence-corrected chi connectivity index (χ4v) is 2.78. The molecule has 0 aliphatic heterocycles. The average molecular weight is 421 g/mol. The SMILES string of the molecule is COc1cc(/C=C/c2ccc(NC(=O)/C=C/c3ccc(F)cc3F)cc2)cc(OC)c1. The third kappa shape index (κ3) is 6.27. The molecule has 6 heteroatoms. The molecule has 0 heterocycles. The van der Waals surface area contributed by atoms with E-state index in [1.807, 2.05) is 36.4 Å². The number of methoxy groups -OCH3 is 2. The fraction of sp³-hybridized carbons (Fsp3) is 0.0800. The number of carbonyl (C=O) groups excluding carboxylic acids is 1. The van der Waals surface area contributed by atoms with Gasteiger partial charge in [0, 0.05) is 29.5 Å². The molecule has 0 aromatic heterocycles. The Morgan fingerprint density at radius 2 is 1.45 bits per heavy atom. The molecule has 3 rings (SSSR count). The van der Waals surface area contributed by atoms with Crippen molar-refractivity contribution in [2.24, 2.45) is 0 Å². The van der Waals surface area contributed by atoms with Gasteiger partial charge >= 0.3 is 0 Å². The second-order valence-corrected chi connectivity index (χ2v) is 6.59. The standard InChI is InChI=1S/C25H21F2NO3/c1-30-22-13-18(14-23(16-22)31-2)4-3-17-5-10-21(11-6-17)28-25(29)12-8-19-7-9-20(26)15-24(19)27/h3-16H,1-2H3,(H,28,29)/b4-3+,12-8+. The van der Waals surface area contributed by atoms with Gasteiger partial charge < -0.3 is 14.8 Å². The number of ether oxygens (including phenoxy) is 2. The third-order valence-electron chi connectivity index (χ3n) is 4.40. The van der Waals surface area contributed by atoms with Crippen LogP contribution in [0.5, 0.6) is 11.5 Å². The molecule has 0 saturated carbocycles. The van der Waals surface area contributed by atoms with Crippen molar-refractivity contribution >= 4 is 29.8 Å². The van der Waals surface area contributed by atoms with E-state index in [9.17, 15) is 13.6 Å². The van der Waals surface area contributed by atoms with E-state index in [1.165, 1.54) is 18.2 Å². The monoisotopic (exact) mass is 421 g/mol. The molecule has 158 valence electrons. The summed E-state index contributed by atoms with van der Waals surface area (Å²) in [5.41, 5.74) is 2.58. The van der Waals surface area contributed by atoms with Crippen molar-refractivity contribution in [2.45, 2.75) is 0 Å². The Labute approximate surface area is 179 Å². The fourth-order valence-electron chi connectivity index (χ4n) is 2.78. The first kappa shape index (κ1) is 21.8. The molecule has 0 bridgehead atoms. The third-order valence-corrected chi connectivity index (χ3v) is 4.40. The van der Waals surface area contributed by atoms with Crippen LogP contribution in [0.3, 0.4) is 0 Å². The number of rotatable bonds is 7. The second-order valence-electron chi connectivity index (χ2n) is 6.59. The topological polar surface area (TPSA) is 47.6 Å². The number of nitrogens with one attached hydrogen (secondary N) is 1. The minimum atomic E-state index is -0.728. The normalized spacial score (nSPS) is 11.1. The van der Waals surface area contributed by atoms with Crippen LogP contribution < -0.4 is 14.8 Å². The van der Waals surface area contributed by atoms with E-state index in [2.05, 4.69) is 5.32 Å². The van der Waals surface area contributed by atoms with Crippen LogP contribution in [0.25, 0.3) is 18.2 Å². The summed E-state index contributed by atoms with van der Waals surface area (Å²) in [4.78, 5) is 12.0. The van der Waals surface area contributed by atoms with E-state index in [4.69, 9.17) is 9.47 Å². The summed E-state index contributed by atoms with van der Waals surface area (Å²) in [6.45, 7) is 0. The van der Waals surface area contributed by atoms with Gasteiger partial charge in [-0.1, -0.05) is 24.3 Å². The Bertz CT molecular complexity index is 1100. The zero-order chi connectivity index (χ0) is 22.2. The van der Waals surface area contributed by atoms with Gasteiger partial charge in [0.25, 0.3) is 0 Å². The molecular weight excluding hydrogens is 400 g/mol. The lowest BCUT2D eigenvalue weighted by molar-refractivity contribution is -0.111. The largest absolute Gasteiger partial charge is 0.497 e. The summed E-state index contributed by atoms with van der Waals surface area (Å²) in [6, 6.07) is 16.0. The molecule has 0 aliphatic carbocycles. The van der Waals surface area contributed by atoms with Crippen LogP contribution in [0.2, 0.25) is 0 Å². The molecule has 0 aliphatic rings. The van der Waals surface area contributed by atoms with Gasteiger partial charge in [-0.15, -0.1) is 0 Å². The predicted molar refractivity (Wildman–Crippen MR) is 119 cm³/mol. The highest BCUT2D eigenvalue weighted by Crippen LogP contribution is 2.24. The molecule has 0 fully saturated rings. The molecule has 3 aromatic rings. The maximum absolute atomic E-state index is 13.6. The number of hydrogen-bond acceptors (Lipinski definition) is 3. The maximum atomic E-state index is 13.6. The van der Waals surface area contributed by atoms with Crippen LogP contribution in [0.1, 0.15) is 16.7 Å². The molecular formula is C25H21F2NO3. The molecule has 0 saturated heterocycles. The zero-order valence-corrected chi connectivity index (χ0v) is 17.1. The summed E-state index contributed by atoms with van der Waals surface area (Å²) >= 11 is 0. The number of anilines is 1. The van der Waals surface area contributed by atoms with Crippen molar-refractivity contribution < 1.29 is 23.0 Å². The van der Waals surface area contributed by atoms with Crippen molar-refractivity contribution in [3.8, 4) is 11.5 Å². The van der Waals surface area contributed by atoms with Gasteiger partial charge in [-0.05, 0) is 53.6 Å². The molecule has 1 amide bonds. The van der Waals surface area contributed by atoms with Crippen LogP contribution in [-0.2, 0) is 4.79 Å². The molecule has 0 spiro atoms. The van der Waals surface area contributed by atoms with Crippen molar-refractivity contribution in [1.82, 2.24) is 0 Å². The van der Waals surface area contributed by atoms with E-state index in [0.29, 0.717) is 17.2 Å². The summed E-state index contributed by atoms with van der Waals surface area (Å²) in [5, 5.41) is 2.69. The second kappa shape index (κ2) is 10.2. The Balaban J connectivity index is 1.63. The summed E-state index contributed by atoms with van der Waals surface area (Å²) in [6.07, 6.45) is 6.35. The highest BCUT2D eigenvalue weighted by Gasteiger charge is 2.03. The van der Waals surface area contributed by atoms with E-state index in [-0.39, 0.29) is 5.56 Å². The first-order valence-electron chi connectivity index (χ1n) is 9.42. The molecule has 1 N–H and O–H groups in total. The maximum Gasteiger partial charge on any atom is 0.248 e.